The molecular weight excluding hydrogens is 228 g/mol. The van der Waals surface area contributed by atoms with Crippen molar-refractivity contribution < 1.29 is 9.84 Å². The van der Waals surface area contributed by atoms with Crippen molar-refractivity contribution in [3.63, 3.8) is 0 Å². The summed E-state index contributed by atoms with van der Waals surface area (Å²) in [6.07, 6.45) is 4.04. The molecule has 1 N–H and O–H groups in total. The summed E-state index contributed by atoms with van der Waals surface area (Å²) >= 11 is 0. The third-order valence-electron chi connectivity index (χ3n) is 2.66. The van der Waals surface area contributed by atoms with Gasteiger partial charge in [-0.1, -0.05) is 25.1 Å². The van der Waals surface area contributed by atoms with Gasteiger partial charge in [0.05, 0.1) is 18.5 Å². The van der Waals surface area contributed by atoms with Gasteiger partial charge in [-0.15, -0.1) is 0 Å². The molecule has 0 radical (unpaired) electrons. The molecule has 0 bridgehead atoms. The normalized spacial score (nSPS) is 12.4. The summed E-state index contributed by atoms with van der Waals surface area (Å²) in [5.41, 5.74) is 0.778. The third kappa shape index (κ3) is 2.90. The van der Waals surface area contributed by atoms with Crippen LogP contribution in [0.15, 0.2) is 36.7 Å². The molecule has 4 nitrogen and oxygen atoms in total. The Labute approximate surface area is 107 Å². The number of aromatic nitrogens is 2. The van der Waals surface area contributed by atoms with Crippen LogP contribution in [0, 0.1) is 0 Å². The van der Waals surface area contributed by atoms with Crippen molar-refractivity contribution in [1.82, 2.24) is 9.78 Å². The molecule has 1 heterocycles. The maximum absolute atomic E-state index is 9.67. The number of aliphatic hydroxyl groups is 1. The first-order valence-corrected chi connectivity index (χ1v) is 6.18. The number of aliphatic hydroxyl groups excluding tert-OH is 1. The second-order valence-electron chi connectivity index (χ2n) is 4.25. The summed E-state index contributed by atoms with van der Waals surface area (Å²) in [5.74, 6) is 1.36. The lowest BCUT2D eigenvalue weighted by Gasteiger charge is -2.11. The standard InChI is InChI=1S/C14H18N2O2/c1-3-8-16-10-12(9-15-16)18-14-7-5-4-6-13(14)11(2)17/h4-7,9-11,17H,3,8H2,1-2H3/t11-/m1/s1. The highest BCUT2D eigenvalue weighted by Gasteiger charge is 2.09. The number of hydrogen-bond acceptors (Lipinski definition) is 3. The van der Waals surface area contributed by atoms with Gasteiger partial charge in [0.1, 0.15) is 5.75 Å². The van der Waals surface area contributed by atoms with Gasteiger partial charge < -0.3 is 9.84 Å². The van der Waals surface area contributed by atoms with E-state index in [1.54, 1.807) is 13.1 Å². The van der Waals surface area contributed by atoms with Crippen LogP contribution < -0.4 is 4.74 Å². The molecule has 0 fully saturated rings. The van der Waals surface area contributed by atoms with Gasteiger partial charge in [0, 0.05) is 12.1 Å². The fourth-order valence-electron chi connectivity index (χ4n) is 1.79. The van der Waals surface area contributed by atoms with Gasteiger partial charge in [0.15, 0.2) is 5.75 Å². The molecule has 96 valence electrons. The van der Waals surface area contributed by atoms with E-state index in [1.165, 1.54) is 0 Å². The Kier molecular flexibility index (Phi) is 3.99. The molecule has 1 atom stereocenters. The highest BCUT2D eigenvalue weighted by atomic mass is 16.5. The van der Waals surface area contributed by atoms with Crippen molar-refractivity contribution in [3.8, 4) is 11.5 Å². The second-order valence-corrected chi connectivity index (χ2v) is 4.25. The summed E-state index contributed by atoms with van der Waals surface area (Å²) in [6.45, 7) is 4.70. The van der Waals surface area contributed by atoms with Crippen LogP contribution in [-0.2, 0) is 6.54 Å². The zero-order chi connectivity index (χ0) is 13.0. The van der Waals surface area contributed by atoms with Gasteiger partial charge >= 0.3 is 0 Å². The average molecular weight is 246 g/mol. The van der Waals surface area contributed by atoms with E-state index in [4.69, 9.17) is 4.74 Å². The molecule has 0 spiro atoms. The molecule has 18 heavy (non-hydrogen) atoms. The van der Waals surface area contributed by atoms with Crippen LogP contribution in [0.3, 0.4) is 0 Å². The predicted molar refractivity (Wildman–Crippen MR) is 69.7 cm³/mol. The molecule has 0 saturated heterocycles. The molecule has 2 aromatic rings. The van der Waals surface area contributed by atoms with E-state index in [9.17, 15) is 5.11 Å². The minimum atomic E-state index is -0.549. The summed E-state index contributed by atoms with van der Waals surface area (Å²) in [5, 5.41) is 13.9. The van der Waals surface area contributed by atoms with Crippen molar-refractivity contribution in [2.75, 3.05) is 0 Å². The topological polar surface area (TPSA) is 47.3 Å². The highest BCUT2D eigenvalue weighted by molar-refractivity contribution is 5.37. The predicted octanol–water partition coefficient (Wildman–Crippen LogP) is 3.14. The van der Waals surface area contributed by atoms with E-state index in [2.05, 4.69) is 12.0 Å². The Morgan fingerprint density at radius 2 is 2.17 bits per heavy atom. The van der Waals surface area contributed by atoms with E-state index >= 15 is 0 Å². The van der Waals surface area contributed by atoms with Crippen LogP contribution in [0.1, 0.15) is 31.9 Å². The minimum absolute atomic E-state index is 0.549. The Balaban J connectivity index is 2.17. The molecule has 4 heteroatoms. The number of hydrogen-bond donors (Lipinski definition) is 1. The molecule has 1 aromatic heterocycles. The van der Waals surface area contributed by atoms with Crippen LogP contribution in [0.4, 0.5) is 0 Å². The van der Waals surface area contributed by atoms with Crippen molar-refractivity contribution in [2.45, 2.75) is 32.9 Å². The van der Waals surface area contributed by atoms with Gasteiger partial charge in [-0.2, -0.15) is 5.10 Å². The zero-order valence-electron chi connectivity index (χ0n) is 10.7. The molecule has 0 aliphatic heterocycles. The largest absolute Gasteiger partial charge is 0.454 e. The minimum Gasteiger partial charge on any atom is -0.454 e. The maximum Gasteiger partial charge on any atom is 0.165 e. The van der Waals surface area contributed by atoms with Crippen molar-refractivity contribution in [2.24, 2.45) is 0 Å². The molecule has 0 aliphatic rings. The fraction of sp³-hybridized carbons (Fsp3) is 0.357. The van der Waals surface area contributed by atoms with Crippen LogP contribution in [0.2, 0.25) is 0 Å². The lowest BCUT2D eigenvalue weighted by atomic mass is 10.1. The van der Waals surface area contributed by atoms with Gasteiger partial charge in [-0.3, -0.25) is 4.68 Å². The van der Waals surface area contributed by atoms with Crippen LogP contribution in [0.5, 0.6) is 11.5 Å². The van der Waals surface area contributed by atoms with Crippen molar-refractivity contribution >= 4 is 0 Å². The number of nitrogens with zero attached hydrogens (tertiary/aromatic N) is 2. The van der Waals surface area contributed by atoms with Gasteiger partial charge in [0.25, 0.3) is 0 Å². The Morgan fingerprint density at radius 3 is 2.89 bits per heavy atom. The van der Waals surface area contributed by atoms with E-state index < -0.39 is 6.10 Å². The third-order valence-corrected chi connectivity index (χ3v) is 2.66. The smallest absolute Gasteiger partial charge is 0.165 e. The molecule has 1 aromatic carbocycles. The molecule has 0 unspecified atom stereocenters. The summed E-state index contributed by atoms with van der Waals surface area (Å²) in [4.78, 5) is 0. The molecule has 0 amide bonds. The Morgan fingerprint density at radius 1 is 1.39 bits per heavy atom. The first kappa shape index (κ1) is 12.6. The Bertz CT molecular complexity index is 506. The van der Waals surface area contributed by atoms with E-state index in [0.29, 0.717) is 11.5 Å². The number of para-hydroxylation sites is 1. The number of rotatable bonds is 5. The maximum atomic E-state index is 9.67. The van der Waals surface area contributed by atoms with Gasteiger partial charge in [0.2, 0.25) is 0 Å². The number of aryl methyl sites for hydroxylation is 1. The van der Waals surface area contributed by atoms with Crippen LogP contribution in [-0.4, -0.2) is 14.9 Å². The molecule has 0 aliphatic carbocycles. The number of benzene rings is 1. The summed E-state index contributed by atoms with van der Waals surface area (Å²) < 4.78 is 7.60. The monoisotopic (exact) mass is 246 g/mol. The van der Waals surface area contributed by atoms with Crippen LogP contribution >= 0.6 is 0 Å². The summed E-state index contributed by atoms with van der Waals surface area (Å²) in [7, 11) is 0. The van der Waals surface area contributed by atoms with Gasteiger partial charge in [-0.05, 0) is 19.4 Å². The van der Waals surface area contributed by atoms with Gasteiger partial charge in [-0.25, -0.2) is 0 Å². The van der Waals surface area contributed by atoms with Crippen molar-refractivity contribution in [1.29, 1.82) is 0 Å². The highest BCUT2D eigenvalue weighted by Crippen LogP contribution is 2.28. The first-order chi connectivity index (χ1) is 8.70. The molecule has 0 saturated carbocycles. The van der Waals surface area contributed by atoms with E-state index in [0.717, 1.165) is 18.5 Å². The quantitative estimate of drug-likeness (QED) is 0.881. The summed E-state index contributed by atoms with van der Waals surface area (Å²) in [6, 6.07) is 7.47. The second kappa shape index (κ2) is 5.69. The first-order valence-electron chi connectivity index (χ1n) is 6.18. The van der Waals surface area contributed by atoms with Crippen LogP contribution in [0.25, 0.3) is 0 Å². The van der Waals surface area contributed by atoms with E-state index in [-0.39, 0.29) is 0 Å². The van der Waals surface area contributed by atoms with Crippen molar-refractivity contribution in [3.05, 3.63) is 42.2 Å². The Hall–Kier alpha value is -1.81. The lowest BCUT2D eigenvalue weighted by molar-refractivity contribution is 0.195. The SMILES string of the molecule is CCCn1cc(Oc2ccccc2[C@@H](C)O)cn1. The average Bonchev–Trinajstić information content (AvgIpc) is 2.77. The zero-order valence-corrected chi connectivity index (χ0v) is 10.7. The molecular formula is C14H18N2O2. The molecule has 2 rings (SSSR count). The number of ether oxygens (including phenoxy) is 1. The lowest BCUT2D eigenvalue weighted by Crippen LogP contribution is -1.96. The fourth-order valence-corrected chi connectivity index (χ4v) is 1.79. The van der Waals surface area contributed by atoms with E-state index in [1.807, 2.05) is 35.1 Å².